The van der Waals surface area contributed by atoms with Gasteiger partial charge in [-0.05, 0) is 19.9 Å². The van der Waals surface area contributed by atoms with Crippen molar-refractivity contribution < 1.29 is 9.53 Å². The van der Waals surface area contributed by atoms with Crippen molar-refractivity contribution in [3.63, 3.8) is 0 Å². The van der Waals surface area contributed by atoms with Crippen LogP contribution in [-0.4, -0.2) is 31.9 Å². The molecule has 0 aliphatic rings. The Morgan fingerprint density at radius 1 is 1.48 bits per heavy atom. The van der Waals surface area contributed by atoms with E-state index in [9.17, 15) is 4.79 Å². The predicted molar refractivity (Wildman–Crippen MR) is 78.9 cm³/mol. The predicted octanol–water partition coefficient (Wildman–Crippen LogP) is 1.66. The number of ether oxygens (including phenoxy) is 1. The molecule has 2 rings (SSSR count). The lowest BCUT2D eigenvalue weighted by atomic mass is 10.3. The van der Waals surface area contributed by atoms with Crippen LogP contribution in [0.25, 0.3) is 0 Å². The minimum Gasteiger partial charge on any atom is -0.461 e. The lowest BCUT2D eigenvalue weighted by Crippen LogP contribution is -2.18. The van der Waals surface area contributed by atoms with E-state index in [1.165, 1.54) is 0 Å². The molecule has 0 saturated carbocycles. The molecule has 1 unspecified atom stereocenters. The van der Waals surface area contributed by atoms with Gasteiger partial charge >= 0.3 is 5.97 Å². The first-order chi connectivity index (χ1) is 10.1. The number of carbonyl (C=O) groups is 1. The second-order valence-corrected chi connectivity index (χ2v) is 4.78. The molecule has 2 aromatic rings. The zero-order valence-corrected chi connectivity index (χ0v) is 12.6. The van der Waals surface area contributed by atoms with Crippen molar-refractivity contribution >= 4 is 11.8 Å². The van der Waals surface area contributed by atoms with Crippen molar-refractivity contribution in [1.29, 1.82) is 0 Å². The van der Waals surface area contributed by atoms with Gasteiger partial charge in [-0.15, -0.1) is 0 Å². The Bertz CT molecular complexity index is 603. The van der Waals surface area contributed by atoms with Gasteiger partial charge in [0.25, 0.3) is 0 Å². The topological polar surface area (TPSA) is 88.0 Å². The molecule has 0 aliphatic heterocycles. The summed E-state index contributed by atoms with van der Waals surface area (Å²) in [5, 5.41) is 4.19. The van der Waals surface area contributed by atoms with E-state index >= 15 is 0 Å². The minimum atomic E-state index is -0.477. The van der Waals surface area contributed by atoms with Crippen LogP contribution in [-0.2, 0) is 17.7 Å². The average Bonchev–Trinajstić information content (AvgIpc) is 3.06. The van der Waals surface area contributed by atoms with E-state index in [0.717, 1.165) is 5.82 Å². The molecule has 0 fully saturated rings. The quantitative estimate of drug-likeness (QED) is 0.818. The lowest BCUT2D eigenvalue weighted by Gasteiger charge is -2.17. The maximum absolute atomic E-state index is 11.9. The van der Waals surface area contributed by atoms with Gasteiger partial charge in [-0.1, -0.05) is 6.92 Å². The average molecular weight is 291 g/mol. The van der Waals surface area contributed by atoms with Crippen LogP contribution in [0.4, 0.5) is 5.82 Å². The molecule has 0 amide bonds. The first kappa shape index (κ1) is 15.1. The van der Waals surface area contributed by atoms with Crippen LogP contribution in [0.1, 0.15) is 43.1 Å². The molecule has 0 bridgehead atoms. The van der Waals surface area contributed by atoms with Crippen LogP contribution < -0.4 is 5.73 Å². The summed E-state index contributed by atoms with van der Waals surface area (Å²) in [6.45, 7) is 6.71. The minimum absolute atomic E-state index is 0.0375. The van der Waals surface area contributed by atoms with Gasteiger partial charge < -0.3 is 15.0 Å². The highest BCUT2D eigenvalue weighted by molar-refractivity contribution is 5.92. The number of aryl methyl sites for hydroxylation is 1. The third-order valence-corrected chi connectivity index (χ3v) is 3.26. The maximum Gasteiger partial charge on any atom is 0.360 e. The van der Waals surface area contributed by atoms with Crippen molar-refractivity contribution in [2.24, 2.45) is 0 Å². The zero-order valence-electron chi connectivity index (χ0n) is 12.6. The Balaban J connectivity index is 2.31. The number of aromatic nitrogens is 4. The van der Waals surface area contributed by atoms with E-state index in [0.29, 0.717) is 25.4 Å². The number of imidazole rings is 1. The van der Waals surface area contributed by atoms with Gasteiger partial charge in [0, 0.05) is 18.8 Å². The van der Waals surface area contributed by atoms with Gasteiger partial charge in [-0.2, -0.15) is 5.10 Å². The number of carbonyl (C=O) groups excluding carboxylic acids is 1. The number of hydrogen-bond donors (Lipinski definition) is 1. The Kier molecular flexibility index (Phi) is 4.62. The molecule has 2 heterocycles. The van der Waals surface area contributed by atoms with E-state index < -0.39 is 5.97 Å². The highest BCUT2D eigenvalue weighted by Crippen LogP contribution is 2.22. The molecule has 7 heteroatoms. The molecule has 114 valence electrons. The fourth-order valence-electron chi connectivity index (χ4n) is 2.35. The number of nitrogens with two attached hydrogens (primary N) is 1. The number of hydrogen-bond acceptors (Lipinski definition) is 5. The van der Waals surface area contributed by atoms with Gasteiger partial charge in [-0.25, -0.2) is 9.78 Å². The summed E-state index contributed by atoms with van der Waals surface area (Å²) in [6.07, 6.45) is 4.31. The first-order valence-corrected chi connectivity index (χ1v) is 7.09. The molecular formula is C14H21N5O2. The number of anilines is 1. The van der Waals surface area contributed by atoms with Gasteiger partial charge in [0.05, 0.1) is 19.2 Å². The van der Waals surface area contributed by atoms with Crippen LogP contribution in [0.2, 0.25) is 0 Å². The van der Waals surface area contributed by atoms with Crippen molar-refractivity contribution in [2.75, 3.05) is 12.3 Å². The van der Waals surface area contributed by atoms with Gasteiger partial charge in [0.1, 0.15) is 11.6 Å². The molecule has 0 spiro atoms. The lowest BCUT2D eigenvalue weighted by molar-refractivity contribution is 0.0521. The highest BCUT2D eigenvalue weighted by atomic mass is 16.5. The summed E-state index contributed by atoms with van der Waals surface area (Å²) in [5.74, 6) is 0.648. The van der Waals surface area contributed by atoms with Gasteiger partial charge in [0.15, 0.2) is 5.69 Å². The molecule has 7 nitrogen and oxygen atoms in total. The second-order valence-electron chi connectivity index (χ2n) is 4.78. The standard InChI is InChI=1S/C14H21N5O2/c1-4-11-17-12(14(20)21-5-2)13(15)19(11)10(3)9-18-8-6-7-16-18/h6-8,10H,4-5,9,15H2,1-3H3. The number of nitrogens with zero attached hydrogens (tertiary/aromatic N) is 4. The van der Waals surface area contributed by atoms with Crippen LogP contribution in [0.5, 0.6) is 0 Å². The molecule has 0 radical (unpaired) electrons. The van der Waals surface area contributed by atoms with E-state index in [1.807, 2.05) is 35.4 Å². The number of esters is 1. The highest BCUT2D eigenvalue weighted by Gasteiger charge is 2.23. The van der Waals surface area contributed by atoms with Crippen LogP contribution >= 0.6 is 0 Å². The van der Waals surface area contributed by atoms with Crippen LogP contribution in [0.15, 0.2) is 18.5 Å². The van der Waals surface area contributed by atoms with E-state index in [1.54, 1.807) is 13.1 Å². The molecule has 0 aliphatic carbocycles. The molecule has 0 aromatic carbocycles. The van der Waals surface area contributed by atoms with Gasteiger partial charge in [-0.3, -0.25) is 4.68 Å². The second kappa shape index (κ2) is 6.43. The van der Waals surface area contributed by atoms with Crippen LogP contribution in [0.3, 0.4) is 0 Å². The van der Waals surface area contributed by atoms with E-state index in [4.69, 9.17) is 10.5 Å². The largest absolute Gasteiger partial charge is 0.461 e. The third-order valence-electron chi connectivity index (χ3n) is 3.26. The summed E-state index contributed by atoms with van der Waals surface area (Å²) in [7, 11) is 0. The number of nitrogen functional groups attached to an aromatic ring is 1. The summed E-state index contributed by atoms with van der Waals surface area (Å²) < 4.78 is 8.70. The third kappa shape index (κ3) is 3.07. The van der Waals surface area contributed by atoms with Gasteiger partial charge in [0.2, 0.25) is 0 Å². The van der Waals surface area contributed by atoms with Crippen molar-refractivity contribution in [3.8, 4) is 0 Å². The fourth-order valence-corrected chi connectivity index (χ4v) is 2.35. The molecule has 0 saturated heterocycles. The summed E-state index contributed by atoms with van der Waals surface area (Å²) in [6, 6.07) is 1.91. The first-order valence-electron chi connectivity index (χ1n) is 7.09. The molecule has 2 aromatic heterocycles. The SMILES string of the molecule is CCOC(=O)c1nc(CC)n(C(C)Cn2cccn2)c1N. The van der Waals surface area contributed by atoms with Crippen LogP contribution in [0, 0.1) is 0 Å². The Labute approximate surface area is 123 Å². The summed E-state index contributed by atoms with van der Waals surface area (Å²) >= 11 is 0. The smallest absolute Gasteiger partial charge is 0.360 e. The van der Waals surface area contributed by atoms with Crippen molar-refractivity contribution in [3.05, 3.63) is 30.0 Å². The molecule has 1 atom stereocenters. The van der Waals surface area contributed by atoms with Crippen molar-refractivity contribution in [1.82, 2.24) is 19.3 Å². The summed E-state index contributed by atoms with van der Waals surface area (Å²) in [4.78, 5) is 16.2. The van der Waals surface area contributed by atoms with Crippen molar-refractivity contribution in [2.45, 2.75) is 39.8 Å². The monoisotopic (exact) mass is 291 g/mol. The van der Waals surface area contributed by atoms with E-state index in [-0.39, 0.29) is 11.7 Å². The Hall–Kier alpha value is -2.31. The molecule has 2 N–H and O–H groups in total. The fraction of sp³-hybridized carbons (Fsp3) is 0.500. The number of rotatable bonds is 6. The molecule has 21 heavy (non-hydrogen) atoms. The summed E-state index contributed by atoms with van der Waals surface area (Å²) in [5.41, 5.74) is 6.31. The maximum atomic E-state index is 11.9. The molecular weight excluding hydrogens is 270 g/mol. The Morgan fingerprint density at radius 2 is 2.24 bits per heavy atom. The Morgan fingerprint density at radius 3 is 2.81 bits per heavy atom. The van der Waals surface area contributed by atoms with E-state index in [2.05, 4.69) is 10.1 Å². The zero-order chi connectivity index (χ0) is 15.4. The normalized spacial score (nSPS) is 12.3.